The third-order valence-corrected chi connectivity index (χ3v) is 3.08. The number of nitrogens with zero attached hydrogens (tertiary/aromatic N) is 1. The molecule has 122 valence electrons. The van der Waals surface area contributed by atoms with Gasteiger partial charge in [0.15, 0.2) is 12.8 Å². The summed E-state index contributed by atoms with van der Waals surface area (Å²) < 4.78 is 10.6. The predicted octanol–water partition coefficient (Wildman–Crippen LogP) is -3.39. The largest absolute Gasteiger partial charge is 0.479 e. The first kappa shape index (κ1) is 16.2. The molecular weight excluding hydrogens is 304 g/mol. The van der Waals surface area contributed by atoms with Crippen LogP contribution in [0.5, 0.6) is 5.75 Å². The molecule has 0 aliphatic carbocycles. The molecule has 0 spiro atoms. The van der Waals surface area contributed by atoms with Gasteiger partial charge in [0.25, 0.3) is 5.56 Å². The van der Waals surface area contributed by atoms with E-state index in [9.17, 15) is 24.6 Å². The van der Waals surface area contributed by atoms with Gasteiger partial charge in [-0.3, -0.25) is 14.3 Å². The van der Waals surface area contributed by atoms with E-state index in [-0.39, 0.29) is 0 Å². The minimum atomic E-state index is -1.53. The second kappa shape index (κ2) is 6.27. The van der Waals surface area contributed by atoms with Crippen LogP contribution in [0.3, 0.4) is 0 Å². The van der Waals surface area contributed by atoms with Crippen LogP contribution in [0.1, 0.15) is 6.23 Å². The fourth-order valence-corrected chi connectivity index (χ4v) is 2.01. The molecule has 5 N–H and O–H groups in total. The van der Waals surface area contributed by atoms with Gasteiger partial charge < -0.3 is 29.9 Å². The maximum absolute atomic E-state index is 11.8. The lowest BCUT2D eigenvalue weighted by Crippen LogP contribution is -2.38. The van der Waals surface area contributed by atoms with Gasteiger partial charge in [-0.05, 0) is 0 Å². The zero-order chi connectivity index (χ0) is 16.4. The summed E-state index contributed by atoms with van der Waals surface area (Å²) in [7, 11) is 0. The first-order valence-corrected chi connectivity index (χ1v) is 6.17. The van der Waals surface area contributed by atoms with Crippen LogP contribution >= 0.6 is 0 Å². The number of hydrogen-bond donors (Lipinski definition) is 5. The second-order valence-corrected chi connectivity index (χ2v) is 4.57. The van der Waals surface area contributed by atoms with Crippen molar-refractivity contribution in [3.05, 3.63) is 27.0 Å². The molecule has 0 aromatic carbocycles. The van der Waals surface area contributed by atoms with Crippen LogP contribution in [0.2, 0.25) is 0 Å². The lowest BCUT2D eigenvalue weighted by Gasteiger charge is -2.17. The highest BCUT2D eigenvalue weighted by atomic mass is 16.6. The molecule has 1 fully saturated rings. The molecule has 1 aliphatic rings. The van der Waals surface area contributed by atoms with Crippen LogP contribution in [0.25, 0.3) is 0 Å². The number of carboxylic acid groups (broad SMARTS) is 1. The Labute approximate surface area is 122 Å². The molecule has 11 heteroatoms. The van der Waals surface area contributed by atoms with Crippen molar-refractivity contribution in [2.24, 2.45) is 0 Å². The van der Waals surface area contributed by atoms with Crippen molar-refractivity contribution in [2.45, 2.75) is 24.5 Å². The Morgan fingerprint density at radius 1 is 1.36 bits per heavy atom. The highest BCUT2D eigenvalue weighted by Gasteiger charge is 2.43. The smallest absolute Gasteiger partial charge is 0.341 e. The highest BCUT2D eigenvalue weighted by Crippen LogP contribution is 2.28. The molecule has 1 saturated heterocycles. The quantitative estimate of drug-likeness (QED) is 0.371. The minimum absolute atomic E-state index is 0.472. The van der Waals surface area contributed by atoms with Crippen molar-refractivity contribution in [2.75, 3.05) is 13.2 Å². The van der Waals surface area contributed by atoms with Crippen LogP contribution in [0, 0.1) is 0 Å². The lowest BCUT2D eigenvalue weighted by atomic mass is 10.1. The Morgan fingerprint density at radius 3 is 2.59 bits per heavy atom. The summed E-state index contributed by atoms with van der Waals surface area (Å²) in [5, 5.41) is 37.0. The molecule has 1 aromatic heterocycles. The number of aliphatic carboxylic acids is 1. The normalized spacial score (nSPS) is 27.8. The van der Waals surface area contributed by atoms with Crippen LogP contribution in [0.15, 0.2) is 15.8 Å². The third kappa shape index (κ3) is 3.01. The fourth-order valence-electron chi connectivity index (χ4n) is 2.01. The van der Waals surface area contributed by atoms with E-state index < -0.39 is 60.7 Å². The molecule has 0 radical (unpaired) electrons. The number of carboxylic acids is 1. The van der Waals surface area contributed by atoms with Gasteiger partial charge >= 0.3 is 11.7 Å². The van der Waals surface area contributed by atoms with Gasteiger partial charge in [0.2, 0.25) is 5.75 Å². The number of nitrogens with one attached hydrogen (secondary N) is 1. The van der Waals surface area contributed by atoms with Crippen molar-refractivity contribution in [1.29, 1.82) is 0 Å². The number of H-pyrrole nitrogens is 1. The average Bonchev–Trinajstić information content (AvgIpc) is 2.74. The number of rotatable bonds is 5. The summed E-state index contributed by atoms with van der Waals surface area (Å²) in [6.45, 7) is -1.40. The zero-order valence-electron chi connectivity index (χ0n) is 11.1. The number of carbonyl (C=O) groups is 1. The van der Waals surface area contributed by atoms with Gasteiger partial charge in [0.1, 0.15) is 18.3 Å². The average molecular weight is 318 g/mol. The van der Waals surface area contributed by atoms with Crippen molar-refractivity contribution in [3.63, 3.8) is 0 Å². The number of aliphatic hydroxyl groups excluding tert-OH is 3. The second-order valence-electron chi connectivity index (χ2n) is 4.57. The molecule has 0 bridgehead atoms. The van der Waals surface area contributed by atoms with Gasteiger partial charge in [-0.15, -0.1) is 0 Å². The Balaban J connectivity index is 2.35. The number of aromatic amines is 1. The highest BCUT2D eigenvalue weighted by molar-refractivity contribution is 5.68. The zero-order valence-corrected chi connectivity index (χ0v) is 11.1. The summed E-state index contributed by atoms with van der Waals surface area (Å²) in [6.07, 6.45) is -4.58. The monoisotopic (exact) mass is 318 g/mol. The van der Waals surface area contributed by atoms with Crippen LogP contribution in [-0.2, 0) is 9.53 Å². The molecular formula is C11H14N2O9. The molecule has 1 aromatic rings. The standard InChI is InChI=1S/C11H14N2O9/c14-2-5-7(17)8(18)10(22-5)13-1-4(21-3-6(15)16)9(19)12-11(13)20/h1,5,7-8,10,14,17-18H,2-3H2,(H,15,16)(H,12,19,20)/t5-,7-,8-,10-/m1/s1. The molecule has 0 amide bonds. The van der Waals surface area contributed by atoms with Crippen molar-refractivity contribution < 1.29 is 34.7 Å². The van der Waals surface area contributed by atoms with E-state index in [1.54, 1.807) is 0 Å². The Bertz CT molecular complexity index is 666. The first-order chi connectivity index (χ1) is 10.3. The van der Waals surface area contributed by atoms with Gasteiger partial charge in [0.05, 0.1) is 12.8 Å². The fraction of sp³-hybridized carbons (Fsp3) is 0.545. The number of ether oxygens (including phenoxy) is 2. The van der Waals surface area contributed by atoms with Gasteiger partial charge in [-0.25, -0.2) is 9.59 Å². The van der Waals surface area contributed by atoms with Gasteiger partial charge in [-0.1, -0.05) is 0 Å². The Kier molecular flexibility index (Phi) is 4.61. The predicted molar refractivity (Wildman–Crippen MR) is 67.5 cm³/mol. The molecule has 0 saturated carbocycles. The molecule has 0 unspecified atom stereocenters. The maximum Gasteiger partial charge on any atom is 0.341 e. The van der Waals surface area contributed by atoms with Gasteiger partial charge in [0, 0.05) is 0 Å². The van der Waals surface area contributed by atoms with Crippen molar-refractivity contribution in [3.8, 4) is 5.75 Å². The Hall–Kier alpha value is -2.21. The summed E-state index contributed by atoms with van der Waals surface area (Å²) in [4.78, 5) is 35.6. The summed E-state index contributed by atoms with van der Waals surface area (Å²) >= 11 is 0. The van der Waals surface area contributed by atoms with E-state index in [0.717, 1.165) is 10.8 Å². The van der Waals surface area contributed by atoms with Crippen LogP contribution in [0.4, 0.5) is 0 Å². The summed E-state index contributed by atoms with van der Waals surface area (Å²) in [5.41, 5.74) is -1.91. The van der Waals surface area contributed by atoms with Crippen LogP contribution in [-0.4, -0.2) is 67.5 Å². The molecule has 4 atom stereocenters. The van der Waals surface area contributed by atoms with E-state index in [0.29, 0.717) is 0 Å². The third-order valence-electron chi connectivity index (χ3n) is 3.08. The lowest BCUT2D eigenvalue weighted by molar-refractivity contribution is -0.139. The number of hydrogen-bond acceptors (Lipinski definition) is 8. The first-order valence-electron chi connectivity index (χ1n) is 6.17. The van der Waals surface area contributed by atoms with Crippen molar-refractivity contribution in [1.82, 2.24) is 9.55 Å². The van der Waals surface area contributed by atoms with Gasteiger partial charge in [-0.2, -0.15) is 0 Å². The molecule has 11 nitrogen and oxygen atoms in total. The maximum atomic E-state index is 11.8. The van der Waals surface area contributed by atoms with Crippen LogP contribution < -0.4 is 16.0 Å². The minimum Gasteiger partial charge on any atom is -0.479 e. The molecule has 2 heterocycles. The van der Waals surface area contributed by atoms with E-state index >= 15 is 0 Å². The number of aromatic nitrogens is 2. The van der Waals surface area contributed by atoms with E-state index in [4.69, 9.17) is 19.7 Å². The van der Waals surface area contributed by atoms with Crippen molar-refractivity contribution >= 4 is 5.97 Å². The molecule has 1 aliphatic heterocycles. The van der Waals surface area contributed by atoms with E-state index in [1.165, 1.54) is 0 Å². The molecule has 2 rings (SSSR count). The molecule has 22 heavy (non-hydrogen) atoms. The van der Waals surface area contributed by atoms with E-state index in [2.05, 4.69) is 0 Å². The Morgan fingerprint density at radius 2 is 2.05 bits per heavy atom. The summed E-state index contributed by atoms with van der Waals surface area (Å²) in [5.74, 6) is -1.80. The van der Waals surface area contributed by atoms with E-state index in [1.807, 2.05) is 4.98 Å². The topological polar surface area (TPSA) is 171 Å². The SMILES string of the molecule is O=C(O)COc1cn([C@@H]2O[C@H](CO)[C@@H](O)[C@H]2O)c(=O)[nH]c1=O. The summed E-state index contributed by atoms with van der Waals surface area (Å²) in [6, 6.07) is 0. The number of aliphatic hydroxyl groups is 3.